The van der Waals surface area contributed by atoms with E-state index >= 15 is 0 Å². The largest absolute Gasteiger partial charge is 0.295 e. The Morgan fingerprint density at radius 3 is 2.00 bits per heavy atom. The third-order valence-corrected chi connectivity index (χ3v) is 7.06. The third kappa shape index (κ3) is 5.58. The highest BCUT2D eigenvalue weighted by atomic mass is 16.1. The van der Waals surface area contributed by atoms with Gasteiger partial charge in [0.15, 0.2) is 5.78 Å². The van der Waals surface area contributed by atoms with Gasteiger partial charge in [-0.15, -0.1) is 0 Å². The fraction of sp³-hybridized carbons (Fsp3) is 0.667. The molecule has 0 heterocycles. The Morgan fingerprint density at radius 2 is 1.50 bits per heavy atom. The van der Waals surface area contributed by atoms with Crippen LogP contribution in [-0.4, -0.2) is 5.78 Å². The minimum absolute atomic E-state index is 0.110. The molecule has 0 aromatic carbocycles. The van der Waals surface area contributed by atoms with Gasteiger partial charge in [-0.2, -0.15) is 0 Å². The van der Waals surface area contributed by atoms with Crippen LogP contribution in [0.1, 0.15) is 99.8 Å². The normalized spacial score (nSPS) is 23.6. The standard InChI is InChI=1S/C27H42O/c1-8-9-11-14-27(15-12-10-13-21(2)18-22(3)28)19-23-24(20-27)26(6,7)17-16-25(23,4)5/h10,12-13,15,18H,8-9,11,14,16-17,19-20H2,1-7H3/b13-10+,15-12+,21-18-. The second-order valence-electron chi connectivity index (χ2n) is 10.6. The monoisotopic (exact) mass is 382 g/mol. The zero-order valence-electron chi connectivity index (χ0n) is 19.5. The number of allylic oxidation sites excluding steroid dienone is 8. The Bertz CT molecular complexity index is 666. The van der Waals surface area contributed by atoms with Crippen LogP contribution in [0.5, 0.6) is 0 Å². The SMILES string of the molecule is CCCCCC1(/C=C/C=C/C(C)=C\C(C)=O)CC2=C(C1)C(C)(C)CCC2(C)C. The molecule has 0 amide bonds. The van der Waals surface area contributed by atoms with Crippen molar-refractivity contribution in [2.75, 3.05) is 0 Å². The van der Waals surface area contributed by atoms with E-state index in [0.29, 0.717) is 10.8 Å². The maximum atomic E-state index is 11.2. The molecule has 156 valence electrons. The number of rotatable bonds is 8. The molecule has 0 aromatic heterocycles. The van der Waals surface area contributed by atoms with Gasteiger partial charge in [-0.25, -0.2) is 0 Å². The van der Waals surface area contributed by atoms with Gasteiger partial charge in [-0.1, -0.05) is 89.3 Å². The first-order chi connectivity index (χ1) is 13.0. The molecule has 0 atom stereocenters. The summed E-state index contributed by atoms with van der Waals surface area (Å²) in [5.74, 6) is 0.110. The quantitative estimate of drug-likeness (QED) is 0.179. The van der Waals surface area contributed by atoms with Crippen molar-refractivity contribution in [3.63, 3.8) is 0 Å². The van der Waals surface area contributed by atoms with Gasteiger partial charge in [-0.05, 0) is 73.8 Å². The molecule has 1 nitrogen and oxygen atoms in total. The fourth-order valence-corrected chi connectivity index (χ4v) is 5.14. The van der Waals surface area contributed by atoms with Crippen LogP contribution in [-0.2, 0) is 4.79 Å². The molecule has 0 N–H and O–H groups in total. The van der Waals surface area contributed by atoms with E-state index in [0.717, 1.165) is 5.57 Å². The van der Waals surface area contributed by atoms with Crippen LogP contribution in [0, 0.1) is 16.2 Å². The molecule has 2 rings (SSSR count). The number of carbonyl (C=O) groups is 1. The second-order valence-corrected chi connectivity index (χ2v) is 10.6. The summed E-state index contributed by atoms with van der Waals surface area (Å²) in [6.45, 7) is 15.7. The van der Waals surface area contributed by atoms with Gasteiger partial charge in [0, 0.05) is 0 Å². The Kier molecular flexibility index (Phi) is 7.34. The third-order valence-electron chi connectivity index (χ3n) is 7.06. The predicted octanol–water partition coefficient (Wildman–Crippen LogP) is 8.14. The summed E-state index contributed by atoms with van der Waals surface area (Å²) < 4.78 is 0. The van der Waals surface area contributed by atoms with Crippen molar-refractivity contribution >= 4 is 5.78 Å². The van der Waals surface area contributed by atoms with Crippen LogP contribution in [0.25, 0.3) is 0 Å². The summed E-state index contributed by atoms with van der Waals surface area (Å²) >= 11 is 0. The highest BCUT2D eigenvalue weighted by molar-refractivity contribution is 5.88. The van der Waals surface area contributed by atoms with Crippen LogP contribution in [0.15, 0.2) is 47.1 Å². The summed E-state index contributed by atoms with van der Waals surface area (Å²) in [5.41, 5.74) is 5.50. The number of hydrogen-bond acceptors (Lipinski definition) is 1. The minimum Gasteiger partial charge on any atom is -0.295 e. The molecule has 0 aromatic rings. The molecule has 0 saturated heterocycles. The molecule has 2 aliphatic rings. The number of hydrogen-bond donors (Lipinski definition) is 0. The van der Waals surface area contributed by atoms with Gasteiger partial charge < -0.3 is 0 Å². The average Bonchev–Trinajstić information content (AvgIpc) is 2.99. The molecule has 0 unspecified atom stereocenters. The highest BCUT2D eigenvalue weighted by Crippen LogP contribution is 2.61. The topological polar surface area (TPSA) is 17.1 Å². The van der Waals surface area contributed by atoms with Crippen molar-refractivity contribution in [3.8, 4) is 0 Å². The fourth-order valence-electron chi connectivity index (χ4n) is 5.14. The summed E-state index contributed by atoms with van der Waals surface area (Å²) in [6.07, 6.45) is 20.9. The lowest BCUT2D eigenvalue weighted by Crippen LogP contribution is -2.28. The van der Waals surface area contributed by atoms with Gasteiger partial charge in [0.25, 0.3) is 0 Å². The summed E-state index contributed by atoms with van der Waals surface area (Å²) in [7, 11) is 0. The van der Waals surface area contributed by atoms with Gasteiger partial charge in [0.2, 0.25) is 0 Å². The number of ketones is 1. The van der Waals surface area contributed by atoms with Crippen molar-refractivity contribution in [1.29, 1.82) is 0 Å². The van der Waals surface area contributed by atoms with Crippen LogP contribution in [0.2, 0.25) is 0 Å². The number of unbranched alkanes of at least 4 members (excludes halogenated alkanes) is 2. The van der Waals surface area contributed by atoms with E-state index in [-0.39, 0.29) is 11.2 Å². The summed E-state index contributed by atoms with van der Waals surface area (Å²) in [5, 5.41) is 0. The second kappa shape index (κ2) is 8.97. The summed E-state index contributed by atoms with van der Waals surface area (Å²) in [4.78, 5) is 11.2. The van der Waals surface area contributed by atoms with E-state index < -0.39 is 0 Å². The first-order valence-corrected chi connectivity index (χ1v) is 11.3. The van der Waals surface area contributed by atoms with Crippen LogP contribution < -0.4 is 0 Å². The van der Waals surface area contributed by atoms with Gasteiger partial charge in [0.1, 0.15) is 0 Å². The van der Waals surface area contributed by atoms with Crippen molar-refractivity contribution < 1.29 is 4.79 Å². The van der Waals surface area contributed by atoms with E-state index in [4.69, 9.17) is 0 Å². The Labute approximate surface area is 174 Å². The van der Waals surface area contributed by atoms with Crippen LogP contribution >= 0.6 is 0 Å². The van der Waals surface area contributed by atoms with Crippen molar-refractivity contribution in [3.05, 3.63) is 47.1 Å². The molecule has 0 spiro atoms. The van der Waals surface area contributed by atoms with Gasteiger partial charge in [0.05, 0.1) is 0 Å². The smallest absolute Gasteiger partial charge is 0.152 e. The molecule has 0 fully saturated rings. The van der Waals surface area contributed by atoms with Crippen molar-refractivity contribution in [1.82, 2.24) is 0 Å². The molecule has 2 aliphatic carbocycles. The maximum Gasteiger partial charge on any atom is 0.152 e. The molecule has 0 bridgehead atoms. The van der Waals surface area contributed by atoms with Gasteiger partial charge >= 0.3 is 0 Å². The lowest BCUT2D eigenvalue weighted by Gasteiger charge is -2.41. The first-order valence-electron chi connectivity index (χ1n) is 11.3. The molecule has 0 saturated carbocycles. The van der Waals surface area contributed by atoms with Crippen molar-refractivity contribution in [2.45, 2.75) is 99.8 Å². The van der Waals surface area contributed by atoms with E-state index in [2.05, 4.69) is 52.8 Å². The van der Waals surface area contributed by atoms with Crippen LogP contribution in [0.4, 0.5) is 0 Å². The minimum atomic E-state index is 0.110. The molecule has 28 heavy (non-hydrogen) atoms. The molecular formula is C27H42O. The average molecular weight is 383 g/mol. The van der Waals surface area contributed by atoms with E-state index in [1.54, 1.807) is 24.1 Å². The number of carbonyl (C=O) groups excluding carboxylic acids is 1. The lowest BCUT2D eigenvalue weighted by molar-refractivity contribution is -0.112. The molecular weight excluding hydrogens is 340 g/mol. The Morgan fingerprint density at radius 1 is 0.929 bits per heavy atom. The lowest BCUT2D eigenvalue weighted by atomic mass is 9.64. The first kappa shape index (κ1) is 22.9. The summed E-state index contributed by atoms with van der Waals surface area (Å²) in [6, 6.07) is 0. The Hall–Kier alpha value is -1.37. The zero-order chi connectivity index (χ0) is 21.0. The highest BCUT2D eigenvalue weighted by Gasteiger charge is 2.48. The predicted molar refractivity (Wildman–Crippen MR) is 122 cm³/mol. The molecule has 0 aliphatic heterocycles. The van der Waals surface area contributed by atoms with Gasteiger partial charge in [-0.3, -0.25) is 4.79 Å². The maximum absolute atomic E-state index is 11.2. The van der Waals surface area contributed by atoms with E-state index in [1.165, 1.54) is 51.4 Å². The zero-order valence-corrected chi connectivity index (χ0v) is 19.5. The Balaban J connectivity index is 2.25. The van der Waals surface area contributed by atoms with E-state index in [1.807, 2.05) is 13.0 Å². The van der Waals surface area contributed by atoms with E-state index in [9.17, 15) is 4.79 Å². The molecule has 0 radical (unpaired) electrons. The molecule has 1 heteroatoms. The van der Waals surface area contributed by atoms with Crippen molar-refractivity contribution in [2.24, 2.45) is 16.2 Å². The van der Waals surface area contributed by atoms with Crippen LogP contribution in [0.3, 0.4) is 0 Å².